The number of ether oxygens (including phenoxy) is 2. The molecule has 0 unspecified atom stereocenters. The van der Waals surface area contributed by atoms with Crippen molar-refractivity contribution in [3.05, 3.63) is 23.8 Å². The van der Waals surface area contributed by atoms with Gasteiger partial charge in [0.2, 0.25) is 12.7 Å². The Hall–Kier alpha value is -1.71. The molecule has 4 nitrogen and oxygen atoms in total. The summed E-state index contributed by atoms with van der Waals surface area (Å²) in [6.45, 7) is 0.286. The van der Waals surface area contributed by atoms with E-state index < -0.39 is 0 Å². The molecule has 1 amide bonds. The van der Waals surface area contributed by atoms with Crippen LogP contribution in [0.5, 0.6) is 11.5 Å². The van der Waals surface area contributed by atoms with Crippen LogP contribution in [-0.4, -0.2) is 19.7 Å². The van der Waals surface area contributed by atoms with Crippen LogP contribution in [0, 0.1) is 0 Å². The summed E-state index contributed by atoms with van der Waals surface area (Å²) in [6.07, 6.45) is 1.21. The van der Waals surface area contributed by atoms with Crippen molar-refractivity contribution in [1.29, 1.82) is 0 Å². The molecule has 1 heterocycles. The molecular formula is C11H13NO3. The summed E-state index contributed by atoms with van der Waals surface area (Å²) in [5.41, 5.74) is 1.09. The van der Waals surface area contributed by atoms with Crippen LogP contribution in [0.3, 0.4) is 0 Å². The first-order valence-corrected chi connectivity index (χ1v) is 4.88. The minimum absolute atomic E-state index is 0.0488. The number of fused-ring (bicyclic) bond motifs is 1. The van der Waals surface area contributed by atoms with E-state index >= 15 is 0 Å². The zero-order valence-corrected chi connectivity index (χ0v) is 8.58. The predicted octanol–water partition coefficient (Wildman–Crippen LogP) is 1.09. The van der Waals surface area contributed by atoms with E-state index in [9.17, 15) is 4.79 Å². The Morgan fingerprint density at radius 2 is 2.20 bits per heavy atom. The first-order valence-electron chi connectivity index (χ1n) is 4.88. The number of hydrogen-bond donors (Lipinski definition) is 1. The largest absolute Gasteiger partial charge is 0.454 e. The molecule has 0 atom stereocenters. The van der Waals surface area contributed by atoms with Gasteiger partial charge in [0, 0.05) is 13.5 Å². The summed E-state index contributed by atoms with van der Waals surface area (Å²) < 4.78 is 10.4. The molecule has 80 valence electrons. The number of benzene rings is 1. The van der Waals surface area contributed by atoms with Crippen molar-refractivity contribution in [2.75, 3.05) is 13.8 Å². The zero-order valence-electron chi connectivity index (χ0n) is 8.58. The maximum Gasteiger partial charge on any atom is 0.231 e. The molecule has 1 aromatic carbocycles. The highest BCUT2D eigenvalue weighted by Crippen LogP contribution is 2.32. The zero-order chi connectivity index (χ0) is 10.7. The minimum atomic E-state index is 0.0488. The van der Waals surface area contributed by atoms with Gasteiger partial charge in [-0.1, -0.05) is 6.07 Å². The molecule has 0 saturated heterocycles. The molecule has 0 spiro atoms. The lowest BCUT2D eigenvalue weighted by molar-refractivity contribution is -0.120. The maximum absolute atomic E-state index is 11.1. The van der Waals surface area contributed by atoms with E-state index in [1.807, 2.05) is 18.2 Å². The van der Waals surface area contributed by atoms with E-state index in [1.165, 1.54) is 0 Å². The number of aryl methyl sites for hydroxylation is 1. The number of amides is 1. The molecule has 15 heavy (non-hydrogen) atoms. The van der Waals surface area contributed by atoms with Gasteiger partial charge in [0.15, 0.2) is 11.5 Å². The van der Waals surface area contributed by atoms with Crippen LogP contribution < -0.4 is 14.8 Å². The van der Waals surface area contributed by atoms with Gasteiger partial charge in [-0.3, -0.25) is 4.79 Å². The van der Waals surface area contributed by atoms with Crippen molar-refractivity contribution in [2.24, 2.45) is 0 Å². The quantitative estimate of drug-likeness (QED) is 0.807. The van der Waals surface area contributed by atoms with Gasteiger partial charge < -0.3 is 14.8 Å². The second kappa shape index (κ2) is 4.21. The number of carbonyl (C=O) groups is 1. The van der Waals surface area contributed by atoms with E-state index in [-0.39, 0.29) is 12.7 Å². The lowest BCUT2D eigenvalue weighted by atomic mass is 10.1. The Morgan fingerprint density at radius 1 is 1.40 bits per heavy atom. The summed E-state index contributed by atoms with van der Waals surface area (Å²) in [6, 6.07) is 5.75. The number of carbonyl (C=O) groups excluding carboxylic acids is 1. The Bertz CT molecular complexity index is 376. The highest BCUT2D eigenvalue weighted by molar-refractivity contribution is 5.75. The number of nitrogens with one attached hydrogen (secondary N) is 1. The summed E-state index contributed by atoms with van der Waals surface area (Å²) in [5.74, 6) is 1.59. The third-order valence-electron chi connectivity index (χ3n) is 2.36. The summed E-state index contributed by atoms with van der Waals surface area (Å²) >= 11 is 0. The SMILES string of the molecule is CNC(=O)CCc1ccc2c(c1)OCO2. The average Bonchev–Trinajstić information content (AvgIpc) is 2.72. The second-order valence-electron chi connectivity index (χ2n) is 3.36. The monoisotopic (exact) mass is 207 g/mol. The van der Waals surface area contributed by atoms with Gasteiger partial charge in [-0.25, -0.2) is 0 Å². The van der Waals surface area contributed by atoms with Crippen LogP contribution in [0.2, 0.25) is 0 Å². The highest BCUT2D eigenvalue weighted by atomic mass is 16.7. The van der Waals surface area contributed by atoms with Crippen LogP contribution in [0.4, 0.5) is 0 Å². The van der Waals surface area contributed by atoms with Gasteiger partial charge in [0.05, 0.1) is 0 Å². The van der Waals surface area contributed by atoms with Gasteiger partial charge in [-0.15, -0.1) is 0 Å². The molecule has 0 saturated carbocycles. The molecule has 1 aliphatic rings. The molecular weight excluding hydrogens is 194 g/mol. The van der Waals surface area contributed by atoms with Gasteiger partial charge in [-0.05, 0) is 24.1 Å². The first-order chi connectivity index (χ1) is 7.29. The maximum atomic E-state index is 11.1. The van der Waals surface area contributed by atoms with E-state index in [4.69, 9.17) is 9.47 Å². The fourth-order valence-electron chi connectivity index (χ4n) is 1.48. The fourth-order valence-corrected chi connectivity index (χ4v) is 1.48. The second-order valence-corrected chi connectivity index (χ2v) is 3.36. The molecule has 0 radical (unpaired) electrons. The van der Waals surface area contributed by atoms with Gasteiger partial charge >= 0.3 is 0 Å². The third-order valence-corrected chi connectivity index (χ3v) is 2.36. The van der Waals surface area contributed by atoms with Crippen LogP contribution in [0.15, 0.2) is 18.2 Å². The predicted molar refractivity (Wildman–Crippen MR) is 55.0 cm³/mol. The van der Waals surface area contributed by atoms with Gasteiger partial charge in [-0.2, -0.15) is 0 Å². The molecule has 0 bridgehead atoms. The van der Waals surface area contributed by atoms with Crippen molar-refractivity contribution in [2.45, 2.75) is 12.8 Å². The van der Waals surface area contributed by atoms with Crippen LogP contribution in [0.25, 0.3) is 0 Å². The normalized spacial score (nSPS) is 12.6. The molecule has 1 N–H and O–H groups in total. The topological polar surface area (TPSA) is 47.6 Å². The van der Waals surface area contributed by atoms with Gasteiger partial charge in [0.25, 0.3) is 0 Å². The van der Waals surface area contributed by atoms with Gasteiger partial charge in [0.1, 0.15) is 0 Å². The summed E-state index contributed by atoms with van der Waals surface area (Å²) in [4.78, 5) is 11.1. The van der Waals surface area contributed by atoms with Crippen LogP contribution in [-0.2, 0) is 11.2 Å². The third kappa shape index (κ3) is 2.21. The van der Waals surface area contributed by atoms with E-state index in [2.05, 4.69) is 5.32 Å². The minimum Gasteiger partial charge on any atom is -0.454 e. The number of rotatable bonds is 3. The smallest absolute Gasteiger partial charge is 0.231 e. The Kier molecular flexibility index (Phi) is 2.76. The first kappa shape index (κ1) is 9.83. The Labute approximate surface area is 88.2 Å². The van der Waals surface area contributed by atoms with Crippen molar-refractivity contribution in [1.82, 2.24) is 5.32 Å². The molecule has 1 aliphatic heterocycles. The molecule has 0 aliphatic carbocycles. The average molecular weight is 207 g/mol. The molecule has 1 aromatic rings. The van der Waals surface area contributed by atoms with Crippen molar-refractivity contribution >= 4 is 5.91 Å². The Balaban J connectivity index is 2.01. The van der Waals surface area contributed by atoms with E-state index in [1.54, 1.807) is 7.05 Å². The van der Waals surface area contributed by atoms with Crippen LogP contribution >= 0.6 is 0 Å². The standard InChI is InChI=1S/C11H13NO3/c1-12-11(13)5-3-8-2-4-9-10(6-8)15-7-14-9/h2,4,6H,3,5,7H2,1H3,(H,12,13). The molecule has 0 fully saturated rings. The fraction of sp³-hybridized carbons (Fsp3) is 0.364. The number of hydrogen-bond acceptors (Lipinski definition) is 3. The Morgan fingerprint density at radius 3 is 3.00 bits per heavy atom. The lowest BCUT2D eigenvalue weighted by Gasteiger charge is -2.02. The van der Waals surface area contributed by atoms with E-state index in [0.717, 1.165) is 23.5 Å². The molecule has 0 aromatic heterocycles. The van der Waals surface area contributed by atoms with E-state index in [0.29, 0.717) is 6.42 Å². The summed E-state index contributed by atoms with van der Waals surface area (Å²) in [7, 11) is 1.64. The summed E-state index contributed by atoms with van der Waals surface area (Å²) in [5, 5.41) is 2.59. The highest BCUT2D eigenvalue weighted by Gasteiger charge is 2.13. The molecule has 2 rings (SSSR count). The van der Waals surface area contributed by atoms with Crippen molar-refractivity contribution in [3.8, 4) is 11.5 Å². The van der Waals surface area contributed by atoms with Crippen LogP contribution in [0.1, 0.15) is 12.0 Å². The van der Waals surface area contributed by atoms with Crippen molar-refractivity contribution < 1.29 is 14.3 Å². The van der Waals surface area contributed by atoms with Crippen molar-refractivity contribution in [3.63, 3.8) is 0 Å². The lowest BCUT2D eigenvalue weighted by Crippen LogP contribution is -2.17. The molecule has 4 heteroatoms.